The van der Waals surface area contributed by atoms with Crippen molar-refractivity contribution in [2.45, 2.75) is 19.2 Å². The van der Waals surface area contributed by atoms with Crippen LogP contribution in [0.25, 0.3) is 0 Å². The highest BCUT2D eigenvalue weighted by Crippen LogP contribution is 2.11. The van der Waals surface area contributed by atoms with Crippen LogP contribution < -0.4 is 5.73 Å². The second kappa shape index (κ2) is 6.55. The summed E-state index contributed by atoms with van der Waals surface area (Å²) in [6, 6.07) is 7.23. The molecule has 0 spiro atoms. The standard InChI is InChI=1S/C13H18N2O2S/c1-3-9-15(4-2)18(16,17)11-13-7-5-12(10-14)6-8-13/h1,5-8H,4,9-11,14H2,2H3. The Labute approximate surface area is 109 Å². The minimum atomic E-state index is -3.35. The van der Waals surface area contributed by atoms with E-state index in [1.807, 2.05) is 12.1 Å². The van der Waals surface area contributed by atoms with Gasteiger partial charge in [-0.25, -0.2) is 8.42 Å². The minimum absolute atomic E-state index is 0.0344. The van der Waals surface area contributed by atoms with Gasteiger partial charge in [-0.2, -0.15) is 4.31 Å². The van der Waals surface area contributed by atoms with Crippen molar-refractivity contribution in [3.05, 3.63) is 35.4 Å². The average molecular weight is 266 g/mol. The van der Waals surface area contributed by atoms with Crippen LogP contribution in [0.4, 0.5) is 0 Å². The van der Waals surface area contributed by atoms with E-state index in [0.29, 0.717) is 13.1 Å². The van der Waals surface area contributed by atoms with E-state index in [2.05, 4.69) is 5.92 Å². The van der Waals surface area contributed by atoms with Crippen LogP contribution in [-0.2, 0) is 22.3 Å². The Bertz CT molecular complexity index is 515. The molecule has 98 valence electrons. The maximum atomic E-state index is 12.1. The molecule has 1 aromatic rings. The van der Waals surface area contributed by atoms with Crippen molar-refractivity contribution in [3.8, 4) is 12.3 Å². The molecule has 4 nitrogen and oxygen atoms in total. The monoisotopic (exact) mass is 266 g/mol. The molecule has 5 heteroatoms. The Morgan fingerprint density at radius 3 is 2.28 bits per heavy atom. The molecule has 18 heavy (non-hydrogen) atoms. The summed E-state index contributed by atoms with van der Waals surface area (Å²) in [7, 11) is -3.35. The first-order valence-corrected chi connectivity index (χ1v) is 7.33. The first-order valence-electron chi connectivity index (χ1n) is 5.72. The molecule has 0 bridgehead atoms. The van der Waals surface area contributed by atoms with Gasteiger partial charge in [0.25, 0.3) is 0 Å². The Morgan fingerprint density at radius 2 is 1.83 bits per heavy atom. The Morgan fingerprint density at radius 1 is 1.28 bits per heavy atom. The van der Waals surface area contributed by atoms with Crippen LogP contribution in [0.2, 0.25) is 0 Å². The van der Waals surface area contributed by atoms with E-state index in [-0.39, 0.29) is 12.3 Å². The lowest BCUT2D eigenvalue weighted by Gasteiger charge is -2.17. The molecule has 1 aromatic carbocycles. The summed E-state index contributed by atoms with van der Waals surface area (Å²) in [6.45, 7) is 2.71. The number of rotatable bonds is 6. The molecule has 0 amide bonds. The average Bonchev–Trinajstić information content (AvgIpc) is 2.36. The van der Waals surface area contributed by atoms with E-state index in [0.717, 1.165) is 11.1 Å². The Balaban J connectivity index is 2.84. The van der Waals surface area contributed by atoms with Crippen LogP contribution in [0.1, 0.15) is 18.1 Å². The summed E-state index contributed by atoms with van der Waals surface area (Å²) >= 11 is 0. The lowest BCUT2D eigenvalue weighted by Crippen LogP contribution is -2.32. The first kappa shape index (κ1) is 14.7. The minimum Gasteiger partial charge on any atom is -0.326 e. The highest BCUT2D eigenvalue weighted by atomic mass is 32.2. The molecule has 1 rings (SSSR count). The Kier molecular flexibility index (Phi) is 5.35. The van der Waals surface area contributed by atoms with Crippen LogP contribution in [-0.4, -0.2) is 25.8 Å². The fourth-order valence-electron chi connectivity index (χ4n) is 1.58. The zero-order valence-electron chi connectivity index (χ0n) is 10.5. The SMILES string of the molecule is C#CCN(CC)S(=O)(=O)Cc1ccc(CN)cc1. The predicted molar refractivity (Wildman–Crippen MR) is 73.0 cm³/mol. The van der Waals surface area contributed by atoms with Crippen LogP contribution in [0.3, 0.4) is 0 Å². The third kappa shape index (κ3) is 3.84. The molecule has 0 saturated heterocycles. The van der Waals surface area contributed by atoms with Gasteiger partial charge in [-0.3, -0.25) is 0 Å². The Hall–Kier alpha value is -1.35. The van der Waals surface area contributed by atoms with Crippen molar-refractivity contribution in [1.29, 1.82) is 0 Å². The van der Waals surface area contributed by atoms with Crippen molar-refractivity contribution in [1.82, 2.24) is 4.31 Å². The van der Waals surface area contributed by atoms with Crippen molar-refractivity contribution in [2.75, 3.05) is 13.1 Å². The molecule has 0 fully saturated rings. The van der Waals surface area contributed by atoms with Crippen molar-refractivity contribution < 1.29 is 8.42 Å². The fourth-order valence-corrected chi connectivity index (χ4v) is 3.04. The van der Waals surface area contributed by atoms with E-state index >= 15 is 0 Å². The summed E-state index contributed by atoms with van der Waals surface area (Å²) in [5.74, 6) is 2.32. The summed E-state index contributed by atoms with van der Waals surface area (Å²) < 4.78 is 25.5. The molecule has 0 radical (unpaired) electrons. The molecule has 0 heterocycles. The molecule has 0 saturated carbocycles. The number of benzene rings is 1. The van der Waals surface area contributed by atoms with Gasteiger partial charge in [-0.05, 0) is 11.1 Å². The zero-order valence-corrected chi connectivity index (χ0v) is 11.3. The number of nitrogens with zero attached hydrogens (tertiary/aromatic N) is 1. The molecular formula is C13H18N2O2S. The lowest BCUT2D eigenvalue weighted by molar-refractivity contribution is 0.463. The van der Waals surface area contributed by atoms with Gasteiger partial charge in [0, 0.05) is 13.1 Å². The fraction of sp³-hybridized carbons (Fsp3) is 0.385. The van der Waals surface area contributed by atoms with Crippen LogP contribution in [0.5, 0.6) is 0 Å². The number of terminal acetylenes is 1. The number of sulfonamides is 1. The molecular weight excluding hydrogens is 248 g/mol. The highest BCUT2D eigenvalue weighted by molar-refractivity contribution is 7.88. The van der Waals surface area contributed by atoms with Crippen LogP contribution in [0.15, 0.2) is 24.3 Å². The molecule has 0 aliphatic rings. The molecule has 0 aliphatic carbocycles. The summed E-state index contributed by atoms with van der Waals surface area (Å²) in [4.78, 5) is 0. The highest BCUT2D eigenvalue weighted by Gasteiger charge is 2.19. The predicted octanol–water partition coefficient (Wildman–Crippen LogP) is 0.930. The normalized spacial score (nSPS) is 11.4. The van der Waals surface area contributed by atoms with Crippen LogP contribution in [0, 0.1) is 12.3 Å². The van der Waals surface area contributed by atoms with Crippen molar-refractivity contribution in [3.63, 3.8) is 0 Å². The van der Waals surface area contributed by atoms with Crippen molar-refractivity contribution >= 4 is 10.0 Å². The van der Waals surface area contributed by atoms with E-state index in [4.69, 9.17) is 12.2 Å². The second-order valence-electron chi connectivity index (χ2n) is 3.91. The van der Waals surface area contributed by atoms with Crippen LogP contribution >= 0.6 is 0 Å². The van der Waals surface area contributed by atoms with Gasteiger partial charge in [0.2, 0.25) is 10.0 Å². The molecule has 2 N–H and O–H groups in total. The second-order valence-corrected chi connectivity index (χ2v) is 5.88. The van der Waals surface area contributed by atoms with Gasteiger partial charge >= 0.3 is 0 Å². The summed E-state index contributed by atoms with van der Waals surface area (Å²) in [5.41, 5.74) is 7.21. The van der Waals surface area contributed by atoms with Gasteiger partial charge in [0.1, 0.15) is 0 Å². The van der Waals surface area contributed by atoms with E-state index < -0.39 is 10.0 Å². The maximum Gasteiger partial charge on any atom is 0.219 e. The molecule has 0 unspecified atom stereocenters. The largest absolute Gasteiger partial charge is 0.326 e. The zero-order chi connectivity index (χ0) is 13.6. The lowest BCUT2D eigenvalue weighted by atomic mass is 10.1. The molecule has 0 aromatic heterocycles. The van der Waals surface area contributed by atoms with Gasteiger partial charge in [0.15, 0.2) is 0 Å². The third-order valence-electron chi connectivity index (χ3n) is 2.62. The number of hydrogen-bond acceptors (Lipinski definition) is 3. The van der Waals surface area contributed by atoms with Crippen molar-refractivity contribution in [2.24, 2.45) is 5.73 Å². The van der Waals surface area contributed by atoms with Gasteiger partial charge in [0.05, 0.1) is 12.3 Å². The van der Waals surface area contributed by atoms with Gasteiger partial charge in [-0.1, -0.05) is 37.1 Å². The number of hydrogen-bond donors (Lipinski definition) is 1. The van der Waals surface area contributed by atoms with Gasteiger partial charge < -0.3 is 5.73 Å². The smallest absolute Gasteiger partial charge is 0.219 e. The maximum absolute atomic E-state index is 12.1. The van der Waals surface area contributed by atoms with E-state index in [1.165, 1.54) is 4.31 Å². The topological polar surface area (TPSA) is 63.4 Å². The molecule has 0 atom stereocenters. The summed E-state index contributed by atoms with van der Waals surface area (Å²) in [6.07, 6.45) is 5.16. The summed E-state index contributed by atoms with van der Waals surface area (Å²) in [5, 5.41) is 0. The van der Waals surface area contributed by atoms with E-state index in [9.17, 15) is 8.42 Å². The number of nitrogens with two attached hydrogens (primary N) is 1. The first-order chi connectivity index (χ1) is 8.53. The molecule has 0 aliphatic heterocycles. The van der Waals surface area contributed by atoms with Gasteiger partial charge in [-0.15, -0.1) is 6.42 Å². The quantitative estimate of drug-likeness (QED) is 0.779. The third-order valence-corrected chi connectivity index (χ3v) is 4.49. The van der Waals surface area contributed by atoms with E-state index in [1.54, 1.807) is 19.1 Å².